The van der Waals surface area contributed by atoms with Gasteiger partial charge in [0, 0.05) is 17.5 Å². The average molecular weight is 350 g/mol. The van der Waals surface area contributed by atoms with E-state index in [9.17, 15) is 9.18 Å². The molecule has 6 heteroatoms. The van der Waals surface area contributed by atoms with Gasteiger partial charge in [0.25, 0.3) is 5.91 Å². The predicted octanol–water partition coefficient (Wildman–Crippen LogP) is 3.85. The summed E-state index contributed by atoms with van der Waals surface area (Å²) in [6.45, 7) is 1.94. The SMILES string of the molecule is Cc1ccc(NC(=O)c2nn(-c3ccc(F)cc3)c3c2CCCC3)nc1. The molecule has 4 rings (SSSR count). The number of nitrogens with zero attached hydrogens (tertiary/aromatic N) is 3. The molecule has 1 amide bonds. The van der Waals surface area contributed by atoms with E-state index in [1.165, 1.54) is 12.1 Å². The zero-order valence-corrected chi connectivity index (χ0v) is 14.5. The summed E-state index contributed by atoms with van der Waals surface area (Å²) in [6.07, 6.45) is 5.48. The molecule has 132 valence electrons. The van der Waals surface area contributed by atoms with Gasteiger partial charge in [-0.2, -0.15) is 5.10 Å². The standard InChI is InChI=1S/C20H19FN4O/c1-13-6-11-18(22-12-13)23-20(26)19-16-4-2-3-5-17(16)25(24-19)15-9-7-14(21)8-10-15/h6-12H,2-5H2,1H3,(H,22,23,26). The summed E-state index contributed by atoms with van der Waals surface area (Å²) in [5.74, 6) is -0.0555. The molecule has 1 N–H and O–H groups in total. The van der Waals surface area contributed by atoms with E-state index >= 15 is 0 Å². The first-order valence-corrected chi connectivity index (χ1v) is 8.72. The summed E-state index contributed by atoms with van der Waals surface area (Å²) in [5.41, 5.74) is 4.22. The number of rotatable bonds is 3. The third kappa shape index (κ3) is 3.10. The maximum atomic E-state index is 13.2. The number of benzene rings is 1. The molecule has 0 saturated carbocycles. The summed E-state index contributed by atoms with van der Waals surface area (Å²) in [5, 5.41) is 7.38. The van der Waals surface area contributed by atoms with Crippen molar-refractivity contribution in [3.8, 4) is 5.69 Å². The molecular weight excluding hydrogens is 331 g/mol. The van der Waals surface area contributed by atoms with E-state index in [0.29, 0.717) is 11.5 Å². The van der Waals surface area contributed by atoms with E-state index in [1.807, 2.05) is 13.0 Å². The lowest BCUT2D eigenvalue weighted by Gasteiger charge is -2.14. The van der Waals surface area contributed by atoms with Crippen LogP contribution in [0.1, 0.15) is 40.2 Å². The van der Waals surface area contributed by atoms with Crippen LogP contribution in [0.2, 0.25) is 0 Å². The molecule has 5 nitrogen and oxygen atoms in total. The topological polar surface area (TPSA) is 59.8 Å². The Morgan fingerprint density at radius 2 is 1.88 bits per heavy atom. The van der Waals surface area contributed by atoms with Crippen LogP contribution in [0.5, 0.6) is 0 Å². The van der Waals surface area contributed by atoms with Gasteiger partial charge in [0.05, 0.1) is 5.69 Å². The Balaban J connectivity index is 1.70. The fraction of sp³-hybridized carbons (Fsp3) is 0.250. The lowest BCUT2D eigenvalue weighted by molar-refractivity contribution is 0.102. The van der Waals surface area contributed by atoms with E-state index in [4.69, 9.17) is 0 Å². The molecule has 0 aliphatic heterocycles. The Hall–Kier alpha value is -3.02. The molecule has 2 heterocycles. The quantitative estimate of drug-likeness (QED) is 0.781. The first-order chi connectivity index (χ1) is 12.6. The molecule has 1 aromatic carbocycles. The number of hydrogen-bond donors (Lipinski definition) is 1. The largest absolute Gasteiger partial charge is 0.305 e. The van der Waals surface area contributed by atoms with Crippen molar-refractivity contribution in [2.45, 2.75) is 32.6 Å². The number of aromatic nitrogens is 3. The molecule has 0 fully saturated rings. The third-order valence-corrected chi connectivity index (χ3v) is 4.62. The number of carbonyl (C=O) groups excluding carboxylic acids is 1. The molecule has 1 aliphatic rings. The molecule has 0 atom stereocenters. The van der Waals surface area contributed by atoms with Crippen LogP contribution in [-0.4, -0.2) is 20.7 Å². The van der Waals surface area contributed by atoms with Crippen LogP contribution in [0, 0.1) is 12.7 Å². The monoisotopic (exact) mass is 350 g/mol. The van der Waals surface area contributed by atoms with Crippen LogP contribution in [0.3, 0.4) is 0 Å². The number of amides is 1. The molecule has 0 bridgehead atoms. The van der Waals surface area contributed by atoms with Gasteiger partial charge in [-0.05, 0) is 68.5 Å². The van der Waals surface area contributed by atoms with Gasteiger partial charge in [-0.3, -0.25) is 4.79 Å². The molecule has 26 heavy (non-hydrogen) atoms. The molecule has 0 unspecified atom stereocenters. The number of nitrogens with one attached hydrogen (secondary N) is 1. The van der Waals surface area contributed by atoms with E-state index in [1.54, 1.807) is 29.1 Å². The van der Waals surface area contributed by atoms with Gasteiger partial charge >= 0.3 is 0 Å². The highest BCUT2D eigenvalue weighted by Gasteiger charge is 2.25. The zero-order valence-electron chi connectivity index (χ0n) is 14.5. The minimum atomic E-state index is -0.293. The zero-order chi connectivity index (χ0) is 18.1. The Morgan fingerprint density at radius 1 is 1.12 bits per heavy atom. The van der Waals surface area contributed by atoms with E-state index in [-0.39, 0.29) is 11.7 Å². The van der Waals surface area contributed by atoms with Crippen LogP contribution < -0.4 is 5.32 Å². The second-order valence-corrected chi connectivity index (χ2v) is 6.54. The first kappa shape index (κ1) is 16.4. The Bertz CT molecular complexity index is 945. The van der Waals surface area contributed by atoms with E-state index in [0.717, 1.165) is 48.2 Å². The van der Waals surface area contributed by atoms with Gasteiger partial charge < -0.3 is 5.32 Å². The van der Waals surface area contributed by atoms with Crippen molar-refractivity contribution < 1.29 is 9.18 Å². The van der Waals surface area contributed by atoms with E-state index < -0.39 is 0 Å². The van der Waals surface area contributed by atoms with Crippen molar-refractivity contribution in [3.05, 3.63) is 70.9 Å². The van der Waals surface area contributed by atoms with Gasteiger partial charge in [-0.25, -0.2) is 14.1 Å². The lowest BCUT2D eigenvalue weighted by Crippen LogP contribution is -2.16. The molecule has 0 spiro atoms. The van der Waals surface area contributed by atoms with Crippen molar-refractivity contribution in [2.24, 2.45) is 0 Å². The molecular formula is C20H19FN4O. The fourth-order valence-electron chi connectivity index (χ4n) is 3.29. The van der Waals surface area contributed by atoms with Crippen LogP contribution >= 0.6 is 0 Å². The minimum absolute atomic E-state index is 0.264. The van der Waals surface area contributed by atoms with Crippen molar-refractivity contribution in [2.75, 3.05) is 5.32 Å². The average Bonchev–Trinajstić information content (AvgIpc) is 3.04. The predicted molar refractivity (Wildman–Crippen MR) is 97.1 cm³/mol. The highest BCUT2D eigenvalue weighted by atomic mass is 19.1. The molecule has 1 aliphatic carbocycles. The summed E-state index contributed by atoms with van der Waals surface area (Å²) < 4.78 is 15.0. The molecule has 2 aromatic heterocycles. The number of carbonyl (C=O) groups is 1. The summed E-state index contributed by atoms with van der Waals surface area (Å²) in [4.78, 5) is 17.0. The summed E-state index contributed by atoms with van der Waals surface area (Å²) in [6, 6.07) is 9.84. The maximum Gasteiger partial charge on any atom is 0.277 e. The highest BCUT2D eigenvalue weighted by Crippen LogP contribution is 2.27. The number of pyridine rings is 1. The van der Waals surface area contributed by atoms with Crippen molar-refractivity contribution >= 4 is 11.7 Å². The van der Waals surface area contributed by atoms with Crippen molar-refractivity contribution in [3.63, 3.8) is 0 Å². The lowest BCUT2D eigenvalue weighted by atomic mass is 9.95. The Morgan fingerprint density at radius 3 is 2.62 bits per heavy atom. The molecule has 0 saturated heterocycles. The molecule has 0 radical (unpaired) electrons. The number of fused-ring (bicyclic) bond motifs is 1. The number of halogens is 1. The van der Waals surface area contributed by atoms with Crippen LogP contribution in [-0.2, 0) is 12.8 Å². The summed E-state index contributed by atoms with van der Waals surface area (Å²) in [7, 11) is 0. The second-order valence-electron chi connectivity index (χ2n) is 6.54. The number of aryl methyl sites for hydroxylation is 1. The second kappa shape index (κ2) is 6.71. The third-order valence-electron chi connectivity index (χ3n) is 4.62. The Kier molecular flexibility index (Phi) is 4.24. The fourth-order valence-corrected chi connectivity index (χ4v) is 3.29. The minimum Gasteiger partial charge on any atom is -0.305 e. The van der Waals surface area contributed by atoms with Gasteiger partial charge in [0.15, 0.2) is 5.69 Å². The molecule has 3 aromatic rings. The van der Waals surface area contributed by atoms with Gasteiger partial charge in [0.2, 0.25) is 0 Å². The Labute approximate surface area is 150 Å². The van der Waals surface area contributed by atoms with Gasteiger partial charge in [-0.15, -0.1) is 0 Å². The smallest absolute Gasteiger partial charge is 0.277 e. The van der Waals surface area contributed by atoms with Crippen LogP contribution in [0.4, 0.5) is 10.2 Å². The van der Waals surface area contributed by atoms with Crippen LogP contribution in [0.25, 0.3) is 5.69 Å². The van der Waals surface area contributed by atoms with Gasteiger partial charge in [-0.1, -0.05) is 6.07 Å². The number of anilines is 1. The van der Waals surface area contributed by atoms with Gasteiger partial charge in [0.1, 0.15) is 11.6 Å². The first-order valence-electron chi connectivity index (χ1n) is 8.72. The van der Waals surface area contributed by atoms with Crippen molar-refractivity contribution in [1.82, 2.24) is 14.8 Å². The normalized spacial score (nSPS) is 13.3. The van der Waals surface area contributed by atoms with Crippen molar-refractivity contribution in [1.29, 1.82) is 0 Å². The summed E-state index contributed by atoms with van der Waals surface area (Å²) >= 11 is 0. The van der Waals surface area contributed by atoms with Crippen LogP contribution in [0.15, 0.2) is 42.6 Å². The highest BCUT2D eigenvalue weighted by molar-refractivity contribution is 6.03. The number of hydrogen-bond acceptors (Lipinski definition) is 3. The van der Waals surface area contributed by atoms with E-state index in [2.05, 4.69) is 15.4 Å². The maximum absolute atomic E-state index is 13.2.